The number of alkyl halides is 3. The minimum absolute atomic E-state index is 0.118. The fraction of sp³-hybridized carbons (Fsp3) is 0.192. The van der Waals surface area contributed by atoms with Crippen molar-refractivity contribution in [2.75, 3.05) is 6.61 Å². The normalized spacial score (nSPS) is 16.1. The molecule has 3 aromatic rings. The fourth-order valence-corrected chi connectivity index (χ4v) is 4.35. The van der Waals surface area contributed by atoms with Crippen molar-refractivity contribution in [1.29, 1.82) is 0 Å². The lowest BCUT2D eigenvalue weighted by molar-refractivity contribution is -0.274. The molecule has 1 fully saturated rings. The van der Waals surface area contributed by atoms with Crippen LogP contribution >= 0.6 is 11.8 Å². The number of rotatable bonds is 9. The molecule has 0 saturated carbocycles. The number of thioether (sulfide) groups is 1. The van der Waals surface area contributed by atoms with Crippen LogP contribution in [0.4, 0.5) is 18.0 Å². The summed E-state index contributed by atoms with van der Waals surface area (Å²) in [5.41, 5.74) is 1.53. The lowest BCUT2D eigenvalue weighted by Crippen LogP contribution is -2.25. The molecule has 1 aliphatic rings. The highest BCUT2D eigenvalue weighted by Crippen LogP contribution is 2.28. The second-order valence-electron chi connectivity index (χ2n) is 7.92. The zero-order valence-corrected chi connectivity index (χ0v) is 19.9. The van der Waals surface area contributed by atoms with Crippen molar-refractivity contribution in [1.82, 2.24) is 5.32 Å². The maximum absolute atomic E-state index is 12.6. The second-order valence-corrected chi connectivity index (χ2v) is 9.09. The molecule has 2 amide bonds. The number of carbonyl (C=O) groups is 3. The van der Waals surface area contributed by atoms with E-state index in [4.69, 9.17) is 9.47 Å². The molecule has 192 valence electrons. The lowest BCUT2D eigenvalue weighted by Gasteiger charge is -2.20. The fourth-order valence-electron chi connectivity index (χ4n) is 3.49. The SMILES string of the molecule is O=C1NC(=O)C(Cc2ccc(OCC(OC(=O)c3ccccc3)c3ccc(OC(F)(F)F)cc3)cc2)S1. The molecule has 1 aliphatic heterocycles. The molecule has 2 atom stereocenters. The summed E-state index contributed by atoms with van der Waals surface area (Å²) in [5.74, 6) is -0.912. The van der Waals surface area contributed by atoms with E-state index >= 15 is 0 Å². The van der Waals surface area contributed by atoms with Crippen LogP contribution in [0.1, 0.15) is 27.6 Å². The highest BCUT2D eigenvalue weighted by molar-refractivity contribution is 8.15. The van der Waals surface area contributed by atoms with Crippen molar-refractivity contribution in [2.45, 2.75) is 24.1 Å². The minimum Gasteiger partial charge on any atom is -0.489 e. The number of nitrogens with one attached hydrogen (secondary N) is 1. The van der Waals surface area contributed by atoms with Gasteiger partial charge in [-0.05, 0) is 53.9 Å². The van der Waals surface area contributed by atoms with E-state index in [0.29, 0.717) is 23.3 Å². The number of esters is 1. The first-order chi connectivity index (χ1) is 17.7. The molecule has 37 heavy (non-hydrogen) atoms. The second kappa shape index (κ2) is 11.4. The molecule has 0 aliphatic carbocycles. The van der Waals surface area contributed by atoms with Crippen LogP contribution in [0.25, 0.3) is 0 Å². The van der Waals surface area contributed by atoms with Crippen LogP contribution in [-0.4, -0.2) is 35.3 Å². The summed E-state index contributed by atoms with van der Waals surface area (Å²) in [6, 6.07) is 20.1. The maximum Gasteiger partial charge on any atom is 0.573 e. The Labute approximate surface area is 213 Å². The summed E-state index contributed by atoms with van der Waals surface area (Å²) >= 11 is 0.942. The van der Waals surface area contributed by atoms with Crippen molar-refractivity contribution < 1.29 is 41.8 Å². The van der Waals surface area contributed by atoms with Crippen molar-refractivity contribution in [3.8, 4) is 11.5 Å². The van der Waals surface area contributed by atoms with Gasteiger partial charge in [-0.2, -0.15) is 0 Å². The molecular formula is C26H20F3NO6S. The third kappa shape index (κ3) is 7.50. The molecule has 0 radical (unpaired) electrons. The molecule has 7 nitrogen and oxygen atoms in total. The van der Waals surface area contributed by atoms with Crippen LogP contribution in [0.15, 0.2) is 78.9 Å². The topological polar surface area (TPSA) is 90.9 Å². The first kappa shape index (κ1) is 26.1. The summed E-state index contributed by atoms with van der Waals surface area (Å²) in [7, 11) is 0. The van der Waals surface area contributed by atoms with Crippen LogP contribution in [0.2, 0.25) is 0 Å². The Morgan fingerprint density at radius 2 is 1.57 bits per heavy atom. The van der Waals surface area contributed by atoms with E-state index in [-0.39, 0.29) is 17.8 Å². The first-order valence-electron chi connectivity index (χ1n) is 11.0. The molecule has 0 bridgehead atoms. The molecule has 3 aromatic carbocycles. The predicted molar refractivity (Wildman–Crippen MR) is 128 cm³/mol. The minimum atomic E-state index is -4.83. The van der Waals surface area contributed by atoms with Crippen LogP contribution in [0.3, 0.4) is 0 Å². The van der Waals surface area contributed by atoms with Crippen molar-refractivity contribution in [2.24, 2.45) is 0 Å². The lowest BCUT2D eigenvalue weighted by atomic mass is 10.1. The molecule has 1 heterocycles. The number of imide groups is 1. The van der Waals surface area contributed by atoms with Gasteiger partial charge in [0.15, 0.2) is 6.10 Å². The Bertz CT molecular complexity index is 1250. The van der Waals surface area contributed by atoms with Crippen LogP contribution in [0, 0.1) is 0 Å². The summed E-state index contributed by atoms with van der Waals surface area (Å²) in [4.78, 5) is 35.7. The average Bonchev–Trinajstić information content (AvgIpc) is 3.18. The van der Waals surface area contributed by atoms with Crippen LogP contribution in [0.5, 0.6) is 11.5 Å². The van der Waals surface area contributed by atoms with E-state index in [1.165, 1.54) is 12.1 Å². The summed E-state index contributed by atoms with van der Waals surface area (Å²) < 4.78 is 52.8. The van der Waals surface area contributed by atoms with Gasteiger partial charge in [0.25, 0.3) is 5.24 Å². The van der Waals surface area contributed by atoms with Gasteiger partial charge in [0.2, 0.25) is 5.91 Å². The van der Waals surface area contributed by atoms with Crippen LogP contribution in [-0.2, 0) is 16.0 Å². The van der Waals surface area contributed by atoms with E-state index < -0.39 is 29.4 Å². The van der Waals surface area contributed by atoms with E-state index in [0.717, 1.165) is 29.5 Å². The molecule has 1 saturated heterocycles. The third-order valence-corrected chi connectivity index (χ3v) is 6.24. The summed E-state index contributed by atoms with van der Waals surface area (Å²) in [6.45, 7) is -0.118. The van der Waals surface area contributed by atoms with Gasteiger partial charge in [0.05, 0.1) is 10.8 Å². The monoisotopic (exact) mass is 531 g/mol. The Morgan fingerprint density at radius 3 is 2.16 bits per heavy atom. The number of hydrogen-bond donors (Lipinski definition) is 1. The van der Waals surface area contributed by atoms with Gasteiger partial charge in [0, 0.05) is 0 Å². The highest BCUT2D eigenvalue weighted by atomic mass is 32.2. The number of carbonyl (C=O) groups excluding carboxylic acids is 3. The van der Waals surface area contributed by atoms with Crippen LogP contribution < -0.4 is 14.8 Å². The van der Waals surface area contributed by atoms with E-state index in [2.05, 4.69) is 10.1 Å². The van der Waals surface area contributed by atoms with Gasteiger partial charge < -0.3 is 14.2 Å². The van der Waals surface area contributed by atoms with Crippen molar-refractivity contribution >= 4 is 28.9 Å². The van der Waals surface area contributed by atoms with Gasteiger partial charge >= 0.3 is 12.3 Å². The van der Waals surface area contributed by atoms with Gasteiger partial charge in [-0.3, -0.25) is 14.9 Å². The molecule has 1 N–H and O–H groups in total. The Morgan fingerprint density at radius 1 is 0.919 bits per heavy atom. The average molecular weight is 532 g/mol. The number of halogens is 3. The number of ether oxygens (including phenoxy) is 3. The number of amides is 2. The molecule has 4 rings (SSSR count). The van der Waals surface area contributed by atoms with Gasteiger partial charge in [0.1, 0.15) is 18.1 Å². The number of benzene rings is 3. The van der Waals surface area contributed by atoms with E-state index in [1.807, 2.05) is 0 Å². The molecule has 0 spiro atoms. The first-order valence-corrected chi connectivity index (χ1v) is 11.9. The summed E-state index contributed by atoms with van der Waals surface area (Å²) in [6.07, 6.45) is -5.39. The van der Waals surface area contributed by atoms with Gasteiger partial charge in [-0.25, -0.2) is 4.79 Å². The van der Waals surface area contributed by atoms with Crippen molar-refractivity contribution in [3.05, 3.63) is 95.6 Å². The molecular weight excluding hydrogens is 511 g/mol. The predicted octanol–water partition coefficient (Wildman–Crippen LogP) is 5.46. The van der Waals surface area contributed by atoms with Crippen molar-refractivity contribution in [3.63, 3.8) is 0 Å². The van der Waals surface area contributed by atoms with E-state index in [1.54, 1.807) is 54.6 Å². The third-order valence-electron chi connectivity index (χ3n) is 5.26. The summed E-state index contributed by atoms with van der Waals surface area (Å²) in [5, 5.41) is 1.38. The quantitative estimate of drug-likeness (QED) is 0.367. The standard InChI is InChI=1S/C26H20F3NO6S/c27-26(28,29)36-20-12-8-17(9-13-20)21(35-24(32)18-4-2-1-3-5-18)15-34-19-10-6-16(7-11-19)14-22-23(31)30-25(33)37-22/h1-13,21-22H,14-15H2,(H,30,31,33). The zero-order chi connectivity index (χ0) is 26.4. The largest absolute Gasteiger partial charge is 0.573 e. The van der Waals surface area contributed by atoms with E-state index in [9.17, 15) is 27.6 Å². The Balaban J connectivity index is 1.44. The Kier molecular flexibility index (Phi) is 8.02. The van der Waals surface area contributed by atoms with Gasteiger partial charge in [-0.15, -0.1) is 13.2 Å². The smallest absolute Gasteiger partial charge is 0.489 e. The molecule has 2 unspecified atom stereocenters. The zero-order valence-electron chi connectivity index (χ0n) is 19.1. The Hall–Kier alpha value is -3.99. The highest BCUT2D eigenvalue weighted by Gasteiger charge is 2.32. The van der Waals surface area contributed by atoms with Gasteiger partial charge in [-0.1, -0.05) is 54.2 Å². The number of hydrogen-bond acceptors (Lipinski definition) is 7. The molecule has 11 heteroatoms. The molecule has 0 aromatic heterocycles. The maximum atomic E-state index is 12.6.